The Balaban J connectivity index is 2.01. The summed E-state index contributed by atoms with van der Waals surface area (Å²) in [7, 11) is 0. The van der Waals surface area contributed by atoms with Crippen LogP contribution < -0.4 is 0 Å². The third-order valence-electron chi connectivity index (χ3n) is 4.83. The summed E-state index contributed by atoms with van der Waals surface area (Å²) < 4.78 is 3.44. The van der Waals surface area contributed by atoms with Crippen LogP contribution in [0.1, 0.15) is 50.7 Å². The number of nitrogens with zero attached hydrogens (tertiary/aromatic N) is 3. The molecule has 0 aliphatic carbocycles. The molecule has 0 saturated carbocycles. The highest BCUT2D eigenvalue weighted by Crippen LogP contribution is 2.35. The van der Waals surface area contributed by atoms with Crippen LogP contribution in [0.5, 0.6) is 0 Å². The van der Waals surface area contributed by atoms with Gasteiger partial charge in [-0.1, -0.05) is 52.0 Å². The number of para-hydroxylation sites is 2. The molecule has 3 nitrogen and oxygen atoms in total. The maximum Gasteiger partial charge on any atom is 0.146 e. The van der Waals surface area contributed by atoms with E-state index in [1.54, 1.807) is 11.3 Å². The van der Waals surface area contributed by atoms with Crippen LogP contribution in [0.15, 0.2) is 54.3 Å². The lowest BCUT2D eigenvalue weighted by Gasteiger charge is -2.21. The van der Waals surface area contributed by atoms with Crippen molar-refractivity contribution in [1.82, 2.24) is 14.5 Å². The molecule has 0 aliphatic rings. The molecule has 0 atom stereocenters. The predicted molar refractivity (Wildman–Crippen MR) is 110 cm³/mol. The van der Waals surface area contributed by atoms with E-state index in [0.717, 1.165) is 16.9 Å². The van der Waals surface area contributed by atoms with Gasteiger partial charge in [0.05, 0.1) is 21.4 Å². The fourth-order valence-corrected chi connectivity index (χ4v) is 4.24. The number of imidazole rings is 1. The molecule has 132 valence electrons. The molecule has 26 heavy (non-hydrogen) atoms. The van der Waals surface area contributed by atoms with Crippen molar-refractivity contribution in [1.29, 1.82) is 0 Å². The summed E-state index contributed by atoms with van der Waals surface area (Å²) in [6.45, 7) is 9.00. The molecule has 0 amide bonds. The van der Waals surface area contributed by atoms with E-state index in [-0.39, 0.29) is 0 Å². The summed E-state index contributed by atoms with van der Waals surface area (Å²) >= 11 is 1.67. The quantitative estimate of drug-likeness (QED) is 0.421. The zero-order valence-electron chi connectivity index (χ0n) is 15.6. The molecule has 0 fully saturated rings. The van der Waals surface area contributed by atoms with Gasteiger partial charge in [0.1, 0.15) is 5.82 Å². The van der Waals surface area contributed by atoms with E-state index < -0.39 is 0 Å². The summed E-state index contributed by atoms with van der Waals surface area (Å²) in [5, 5.41) is 0. The van der Waals surface area contributed by atoms with Crippen LogP contribution in [0.4, 0.5) is 0 Å². The Morgan fingerprint density at radius 3 is 2.27 bits per heavy atom. The lowest BCUT2D eigenvalue weighted by atomic mass is 9.92. The van der Waals surface area contributed by atoms with Crippen molar-refractivity contribution in [2.45, 2.75) is 39.5 Å². The van der Waals surface area contributed by atoms with E-state index in [0.29, 0.717) is 11.8 Å². The van der Waals surface area contributed by atoms with Crippen LogP contribution in [-0.2, 0) is 0 Å². The van der Waals surface area contributed by atoms with Crippen molar-refractivity contribution in [3.05, 3.63) is 65.4 Å². The molecule has 4 heteroatoms. The van der Waals surface area contributed by atoms with Crippen molar-refractivity contribution >= 4 is 21.6 Å². The van der Waals surface area contributed by atoms with Gasteiger partial charge in [-0.15, -0.1) is 11.3 Å². The average molecular weight is 362 g/mol. The van der Waals surface area contributed by atoms with Gasteiger partial charge in [-0.3, -0.25) is 4.57 Å². The van der Waals surface area contributed by atoms with Crippen molar-refractivity contribution in [3.63, 3.8) is 0 Å². The number of hydrogen-bond acceptors (Lipinski definition) is 3. The SMILES string of the molecule is CC(C)c1cccc(C(C)C)c1-n1ccnc1-c1cccc2scnc12. The van der Waals surface area contributed by atoms with E-state index in [9.17, 15) is 0 Å². The molecule has 2 heterocycles. The first-order valence-electron chi connectivity index (χ1n) is 9.07. The Labute approximate surface area is 158 Å². The standard InChI is InChI=1S/C22H23N3S/c1-14(2)16-7-5-8-17(15(3)4)21(16)25-12-11-23-22(25)18-9-6-10-19-20(18)24-13-26-19/h5-15H,1-4H3. The zero-order valence-corrected chi connectivity index (χ0v) is 16.4. The highest BCUT2D eigenvalue weighted by Gasteiger charge is 2.19. The molecule has 0 N–H and O–H groups in total. The average Bonchev–Trinajstić information content (AvgIpc) is 3.29. The van der Waals surface area contributed by atoms with Crippen LogP contribution in [0.3, 0.4) is 0 Å². The van der Waals surface area contributed by atoms with Gasteiger partial charge in [0.2, 0.25) is 0 Å². The van der Waals surface area contributed by atoms with E-state index in [4.69, 9.17) is 4.98 Å². The number of rotatable bonds is 4. The van der Waals surface area contributed by atoms with Gasteiger partial charge in [0.15, 0.2) is 0 Å². The summed E-state index contributed by atoms with van der Waals surface area (Å²) in [6, 6.07) is 13.0. The minimum atomic E-state index is 0.439. The Kier molecular flexibility index (Phi) is 4.37. The van der Waals surface area contributed by atoms with E-state index in [1.807, 2.05) is 11.7 Å². The molecule has 0 radical (unpaired) electrons. The van der Waals surface area contributed by atoms with Gasteiger partial charge < -0.3 is 0 Å². The smallest absolute Gasteiger partial charge is 0.146 e. The van der Waals surface area contributed by atoms with Gasteiger partial charge in [0, 0.05) is 18.0 Å². The Morgan fingerprint density at radius 1 is 0.885 bits per heavy atom. The van der Waals surface area contributed by atoms with E-state index in [2.05, 4.69) is 79.8 Å². The van der Waals surface area contributed by atoms with Crippen molar-refractivity contribution in [2.75, 3.05) is 0 Å². The first-order chi connectivity index (χ1) is 12.6. The lowest BCUT2D eigenvalue weighted by molar-refractivity contribution is 0.807. The summed E-state index contributed by atoms with van der Waals surface area (Å²) in [5.74, 6) is 1.83. The molecule has 0 unspecified atom stereocenters. The molecule has 2 aromatic heterocycles. The van der Waals surface area contributed by atoms with Gasteiger partial charge in [-0.05, 0) is 35.1 Å². The number of hydrogen-bond donors (Lipinski definition) is 0. The largest absolute Gasteiger partial charge is 0.299 e. The second-order valence-corrected chi connectivity index (χ2v) is 8.11. The maximum absolute atomic E-state index is 4.72. The number of thiazole rings is 1. The first kappa shape index (κ1) is 17.0. The molecular formula is C22H23N3S. The van der Waals surface area contributed by atoms with Crippen molar-refractivity contribution in [2.24, 2.45) is 0 Å². The third kappa shape index (κ3) is 2.74. The van der Waals surface area contributed by atoms with Crippen LogP contribution in [0.2, 0.25) is 0 Å². The molecule has 0 aliphatic heterocycles. The van der Waals surface area contributed by atoms with Gasteiger partial charge in [-0.2, -0.15) is 0 Å². The van der Waals surface area contributed by atoms with Crippen LogP contribution >= 0.6 is 11.3 Å². The maximum atomic E-state index is 4.72. The minimum absolute atomic E-state index is 0.439. The molecular weight excluding hydrogens is 338 g/mol. The molecule has 4 rings (SSSR count). The second kappa shape index (κ2) is 6.69. The lowest BCUT2D eigenvalue weighted by Crippen LogP contribution is -2.07. The highest BCUT2D eigenvalue weighted by atomic mass is 32.1. The van der Waals surface area contributed by atoms with E-state index >= 15 is 0 Å². The number of benzene rings is 2. The fraction of sp³-hybridized carbons (Fsp3) is 0.273. The Hall–Kier alpha value is -2.46. The van der Waals surface area contributed by atoms with Gasteiger partial charge in [0.25, 0.3) is 0 Å². The number of aromatic nitrogens is 3. The molecule has 0 spiro atoms. The van der Waals surface area contributed by atoms with Crippen molar-refractivity contribution < 1.29 is 0 Å². The van der Waals surface area contributed by atoms with E-state index in [1.165, 1.54) is 21.5 Å². The van der Waals surface area contributed by atoms with Gasteiger partial charge >= 0.3 is 0 Å². The Bertz CT molecular complexity index is 1030. The molecule has 0 bridgehead atoms. The van der Waals surface area contributed by atoms with Gasteiger partial charge in [-0.25, -0.2) is 9.97 Å². The summed E-state index contributed by atoms with van der Waals surface area (Å²) in [5.41, 5.74) is 7.97. The summed E-state index contributed by atoms with van der Waals surface area (Å²) in [4.78, 5) is 9.31. The van der Waals surface area contributed by atoms with Crippen LogP contribution in [0.25, 0.3) is 27.3 Å². The van der Waals surface area contributed by atoms with Crippen molar-refractivity contribution in [3.8, 4) is 17.1 Å². The summed E-state index contributed by atoms with van der Waals surface area (Å²) in [6.07, 6.45) is 3.97. The zero-order chi connectivity index (χ0) is 18.3. The fourth-order valence-electron chi connectivity index (χ4n) is 3.54. The number of fused-ring (bicyclic) bond motifs is 1. The molecule has 0 saturated heterocycles. The predicted octanol–water partition coefficient (Wildman–Crippen LogP) is 6.40. The van der Waals surface area contributed by atoms with Crippen LogP contribution in [0, 0.1) is 0 Å². The molecule has 4 aromatic rings. The highest BCUT2D eigenvalue weighted by molar-refractivity contribution is 7.16. The third-order valence-corrected chi connectivity index (χ3v) is 5.62. The topological polar surface area (TPSA) is 30.7 Å². The second-order valence-electron chi connectivity index (χ2n) is 7.22. The normalized spacial score (nSPS) is 11.8. The molecule has 2 aromatic carbocycles. The Morgan fingerprint density at radius 2 is 1.58 bits per heavy atom. The minimum Gasteiger partial charge on any atom is -0.299 e. The monoisotopic (exact) mass is 361 g/mol. The van der Waals surface area contributed by atoms with Crippen LogP contribution in [-0.4, -0.2) is 14.5 Å². The first-order valence-corrected chi connectivity index (χ1v) is 9.95.